The molecule has 1 aromatic heterocycles. The van der Waals surface area contributed by atoms with Gasteiger partial charge in [-0.05, 0) is 48.9 Å². The molecule has 0 saturated carbocycles. The summed E-state index contributed by atoms with van der Waals surface area (Å²) in [6.07, 6.45) is -3.65. The lowest BCUT2D eigenvalue weighted by molar-refractivity contribution is -0.137. The summed E-state index contributed by atoms with van der Waals surface area (Å²) in [6.45, 7) is 1.64. The molecule has 0 atom stereocenters. The summed E-state index contributed by atoms with van der Waals surface area (Å²) in [4.78, 5) is 34.7. The Labute approximate surface area is 188 Å². The second-order valence-corrected chi connectivity index (χ2v) is 6.79. The molecule has 3 amide bonds. The van der Waals surface area contributed by atoms with Crippen LogP contribution in [0.25, 0.3) is 0 Å². The average Bonchev–Trinajstić information content (AvgIpc) is 2.76. The van der Waals surface area contributed by atoms with Crippen molar-refractivity contribution in [2.24, 2.45) is 0 Å². The van der Waals surface area contributed by atoms with Crippen LogP contribution in [0, 0.1) is 6.92 Å². The zero-order chi connectivity index (χ0) is 24.2. The molecular weight excluding hydrogens is 469 g/mol. The van der Waals surface area contributed by atoms with E-state index in [1.807, 2.05) is 0 Å². The van der Waals surface area contributed by atoms with Gasteiger partial charge >= 0.3 is 24.1 Å². The zero-order valence-corrected chi connectivity index (χ0v) is 17.3. The fourth-order valence-corrected chi connectivity index (χ4v) is 2.76. The summed E-state index contributed by atoms with van der Waals surface area (Å²) in [7, 11) is 0. The van der Waals surface area contributed by atoms with Crippen molar-refractivity contribution in [3.8, 4) is 11.8 Å². The van der Waals surface area contributed by atoms with Gasteiger partial charge in [-0.2, -0.15) is 23.1 Å². The Hall–Kier alpha value is -3.97. The van der Waals surface area contributed by atoms with Crippen LogP contribution in [-0.2, 0) is 6.18 Å². The van der Waals surface area contributed by atoms with Crippen molar-refractivity contribution in [1.29, 1.82) is 0 Å². The van der Waals surface area contributed by atoms with Gasteiger partial charge in [-0.25, -0.2) is 15.3 Å². The van der Waals surface area contributed by atoms with E-state index < -0.39 is 28.7 Å². The fraction of sp³-hybridized carbons (Fsp3) is 0.105. The third-order valence-electron chi connectivity index (χ3n) is 4.04. The first-order valence-corrected chi connectivity index (χ1v) is 9.31. The maximum absolute atomic E-state index is 13.0. The van der Waals surface area contributed by atoms with Crippen LogP contribution in [0.3, 0.4) is 0 Å². The number of nitrogens with zero attached hydrogens (tertiary/aromatic N) is 3. The van der Waals surface area contributed by atoms with E-state index in [-0.39, 0.29) is 23.3 Å². The Morgan fingerprint density at radius 3 is 2.52 bits per heavy atom. The van der Waals surface area contributed by atoms with Gasteiger partial charge < -0.3 is 15.4 Å². The number of carbonyl (C=O) groups excluding carboxylic acids is 2. The monoisotopic (exact) mass is 482 g/mol. The molecule has 1 heterocycles. The van der Waals surface area contributed by atoms with E-state index in [2.05, 4.69) is 25.6 Å². The van der Waals surface area contributed by atoms with Gasteiger partial charge in [0, 0.05) is 11.4 Å². The molecule has 172 valence electrons. The number of hydrogen-bond donors (Lipinski definition) is 4. The summed E-state index contributed by atoms with van der Waals surface area (Å²) >= 11 is 5.57. The van der Waals surface area contributed by atoms with Crippen molar-refractivity contribution in [1.82, 2.24) is 20.4 Å². The number of benzene rings is 2. The van der Waals surface area contributed by atoms with Gasteiger partial charge in [0.05, 0.1) is 10.6 Å². The van der Waals surface area contributed by atoms with Gasteiger partial charge in [-0.15, -0.1) is 0 Å². The number of hydroxylamine groups is 1. The van der Waals surface area contributed by atoms with Gasteiger partial charge in [0.15, 0.2) is 0 Å². The number of aryl methyl sites for hydroxylation is 1. The van der Waals surface area contributed by atoms with Crippen LogP contribution < -0.4 is 20.9 Å². The molecule has 0 unspecified atom stereocenters. The molecule has 0 bridgehead atoms. The van der Waals surface area contributed by atoms with Gasteiger partial charge in [0.25, 0.3) is 0 Å². The maximum Gasteiger partial charge on any atom is 0.417 e. The molecule has 0 aliphatic carbocycles. The maximum atomic E-state index is 13.0. The molecule has 0 fully saturated rings. The first-order valence-electron chi connectivity index (χ1n) is 8.93. The highest BCUT2D eigenvalue weighted by atomic mass is 35.5. The Kier molecular flexibility index (Phi) is 6.94. The van der Waals surface area contributed by atoms with Crippen LogP contribution in [0.2, 0.25) is 5.02 Å². The number of nitrogens with one attached hydrogen (secondary N) is 3. The lowest BCUT2D eigenvalue weighted by Gasteiger charge is -2.13. The molecule has 33 heavy (non-hydrogen) atoms. The summed E-state index contributed by atoms with van der Waals surface area (Å²) in [5.74, 6) is -1.07. The minimum atomic E-state index is -4.67. The largest absolute Gasteiger partial charge is 0.424 e. The second kappa shape index (κ2) is 9.67. The Morgan fingerprint density at radius 2 is 1.85 bits per heavy atom. The minimum Gasteiger partial charge on any atom is -0.424 e. The number of hydrogen-bond acceptors (Lipinski definition) is 7. The van der Waals surface area contributed by atoms with Crippen molar-refractivity contribution in [2.45, 2.75) is 13.1 Å². The highest BCUT2D eigenvalue weighted by molar-refractivity contribution is 6.31. The first-order chi connectivity index (χ1) is 15.6. The molecule has 4 N–H and O–H groups in total. The van der Waals surface area contributed by atoms with E-state index in [1.54, 1.807) is 6.92 Å². The average molecular weight is 483 g/mol. The van der Waals surface area contributed by atoms with Gasteiger partial charge in [0.2, 0.25) is 5.82 Å². The third-order valence-corrected chi connectivity index (χ3v) is 4.37. The third kappa shape index (κ3) is 6.05. The highest BCUT2D eigenvalue weighted by Gasteiger charge is 2.33. The molecule has 0 aliphatic heterocycles. The number of amides is 3. The van der Waals surface area contributed by atoms with E-state index in [0.29, 0.717) is 11.3 Å². The topological polar surface area (TPSA) is 138 Å². The summed E-state index contributed by atoms with van der Waals surface area (Å²) in [5, 5.41) is 13.0. The number of urea groups is 1. The summed E-state index contributed by atoms with van der Waals surface area (Å²) in [6, 6.07) is 6.47. The summed E-state index contributed by atoms with van der Waals surface area (Å²) < 4.78 is 44.4. The zero-order valence-electron chi connectivity index (χ0n) is 16.6. The fourth-order valence-electron chi connectivity index (χ4n) is 2.54. The van der Waals surface area contributed by atoms with E-state index in [9.17, 15) is 22.8 Å². The first kappa shape index (κ1) is 23.7. The van der Waals surface area contributed by atoms with Crippen molar-refractivity contribution in [2.75, 3.05) is 10.6 Å². The van der Waals surface area contributed by atoms with Crippen LogP contribution in [0.4, 0.5) is 29.3 Å². The quantitative estimate of drug-likeness (QED) is 0.312. The van der Waals surface area contributed by atoms with E-state index in [4.69, 9.17) is 21.5 Å². The Bertz CT molecular complexity index is 1210. The normalized spacial score (nSPS) is 11.0. The molecule has 3 rings (SSSR count). The van der Waals surface area contributed by atoms with Crippen LogP contribution in [0.1, 0.15) is 21.7 Å². The van der Waals surface area contributed by atoms with Crippen LogP contribution in [-0.4, -0.2) is 32.1 Å². The molecule has 0 aliphatic rings. The lowest BCUT2D eigenvalue weighted by Crippen LogP contribution is -2.21. The van der Waals surface area contributed by atoms with Gasteiger partial charge in [-0.3, -0.25) is 10.0 Å². The van der Waals surface area contributed by atoms with Crippen molar-refractivity contribution < 1.29 is 32.7 Å². The predicted molar refractivity (Wildman–Crippen MR) is 109 cm³/mol. The van der Waals surface area contributed by atoms with Gasteiger partial charge in [0.1, 0.15) is 12.1 Å². The molecule has 0 saturated heterocycles. The van der Waals surface area contributed by atoms with Crippen LogP contribution in [0.15, 0.2) is 42.7 Å². The van der Waals surface area contributed by atoms with E-state index >= 15 is 0 Å². The van der Waals surface area contributed by atoms with E-state index in [0.717, 1.165) is 18.5 Å². The molecular formula is C19H14ClF3N6O4. The second-order valence-electron chi connectivity index (χ2n) is 6.38. The number of rotatable bonds is 5. The lowest BCUT2D eigenvalue weighted by atomic mass is 10.2. The standard InChI is InChI=1S/C19H14ClF3N6O4/c1-9-6-11(33-18-25-8-24-15(28-18)16(30)29-32)3-5-14(9)27-17(31)26-10-2-4-13(20)12(7-10)19(21,22)23/h2-8,32H,1H3,(H,29,30)(H2,26,27,31). The number of carbonyl (C=O) groups is 2. The van der Waals surface area contributed by atoms with Crippen LogP contribution >= 0.6 is 11.6 Å². The Balaban J connectivity index is 1.68. The van der Waals surface area contributed by atoms with Crippen molar-refractivity contribution in [3.05, 3.63) is 64.7 Å². The molecule has 2 aromatic carbocycles. The molecule has 3 aromatic rings. The number of anilines is 2. The molecule has 10 nitrogen and oxygen atoms in total. The molecule has 14 heteroatoms. The smallest absolute Gasteiger partial charge is 0.417 e. The SMILES string of the molecule is Cc1cc(Oc2ncnc(C(=O)NO)n2)ccc1NC(=O)Nc1ccc(Cl)c(C(F)(F)F)c1. The number of halogens is 4. The van der Waals surface area contributed by atoms with Crippen molar-refractivity contribution in [3.63, 3.8) is 0 Å². The number of aromatic nitrogens is 3. The van der Waals surface area contributed by atoms with Gasteiger partial charge in [-0.1, -0.05) is 11.6 Å². The number of alkyl halides is 3. The number of ether oxygens (including phenoxy) is 1. The predicted octanol–water partition coefficient (Wildman–Crippen LogP) is 4.41. The molecule has 0 radical (unpaired) electrons. The van der Waals surface area contributed by atoms with E-state index in [1.165, 1.54) is 29.7 Å². The van der Waals surface area contributed by atoms with Crippen molar-refractivity contribution >= 4 is 34.9 Å². The molecule has 0 spiro atoms. The minimum absolute atomic E-state index is 0.0978. The summed E-state index contributed by atoms with van der Waals surface area (Å²) in [5.41, 5.74) is 1.10. The van der Waals surface area contributed by atoms with Crippen LogP contribution in [0.5, 0.6) is 11.8 Å². The Morgan fingerprint density at radius 1 is 1.09 bits per heavy atom. The highest BCUT2D eigenvalue weighted by Crippen LogP contribution is 2.36.